The van der Waals surface area contributed by atoms with E-state index in [0.717, 1.165) is 12.8 Å². The fraction of sp³-hybridized carbons (Fsp3) is 1.00. The molecule has 0 spiro atoms. The van der Waals surface area contributed by atoms with Gasteiger partial charge in [-0.1, -0.05) is 0 Å². The van der Waals surface area contributed by atoms with Crippen molar-refractivity contribution < 1.29 is 4.74 Å². The summed E-state index contributed by atoms with van der Waals surface area (Å²) in [6, 6.07) is 0.494. The third-order valence-corrected chi connectivity index (χ3v) is 2.25. The van der Waals surface area contributed by atoms with Crippen LogP contribution in [0.3, 0.4) is 0 Å². The molecule has 0 aromatic heterocycles. The van der Waals surface area contributed by atoms with Crippen LogP contribution >= 0.6 is 0 Å². The van der Waals surface area contributed by atoms with Crippen LogP contribution in [0.5, 0.6) is 0 Å². The van der Waals surface area contributed by atoms with Crippen LogP contribution in [-0.4, -0.2) is 30.3 Å². The molecule has 0 radical (unpaired) electrons. The molecule has 0 aliphatic carbocycles. The molecule has 2 unspecified atom stereocenters. The predicted octanol–water partition coefficient (Wildman–Crippen LogP) is 0.748. The molecule has 1 fully saturated rings. The second kappa shape index (κ2) is 3.52. The van der Waals surface area contributed by atoms with Gasteiger partial charge in [0.1, 0.15) is 0 Å². The number of hydrazine groups is 1. The van der Waals surface area contributed by atoms with Gasteiger partial charge < -0.3 is 4.74 Å². The highest BCUT2D eigenvalue weighted by atomic mass is 16.5. The monoisotopic (exact) mass is 158 g/mol. The molecular formula is C8H18N2O. The highest BCUT2D eigenvalue weighted by Crippen LogP contribution is 2.20. The molecule has 1 heterocycles. The van der Waals surface area contributed by atoms with E-state index in [1.165, 1.54) is 0 Å². The van der Waals surface area contributed by atoms with Crippen LogP contribution in [-0.2, 0) is 4.74 Å². The van der Waals surface area contributed by atoms with Gasteiger partial charge >= 0.3 is 0 Å². The van der Waals surface area contributed by atoms with Crippen molar-refractivity contribution in [2.24, 2.45) is 5.84 Å². The summed E-state index contributed by atoms with van der Waals surface area (Å²) in [6.45, 7) is 4.21. The van der Waals surface area contributed by atoms with Crippen molar-refractivity contribution in [3.05, 3.63) is 0 Å². The van der Waals surface area contributed by atoms with Gasteiger partial charge in [0.25, 0.3) is 0 Å². The maximum Gasteiger partial charge on any atom is 0.0566 e. The van der Waals surface area contributed by atoms with Gasteiger partial charge in [0.05, 0.1) is 12.2 Å². The summed E-state index contributed by atoms with van der Waals surface area (Å²) in [5, 5.41) is 1.80. The maximum atomic E-state index is 5.67. The first kappa shape index (κ1) is 8.97. The number of hydrogen-bond donors (Lipinski definition) is 1. The van der Waals surface area contributed by atoms with Crippen molar-refractivity contribution in [2.45, 2.75) is 44.9 Å². The Kier molecular flexibility index (Phi) is 2.87. The molecule has 0 bridgehead atoms. The number of rotatable bonds is 1. The van der Waals surface area contributed by atoms with E-state index in [-0.39, 0.29) is 0 Å². The molecule has 2 atom stereocenters. The molecule has 1 aliphatic heterocycles. The highest BCUT2D eigenvalue weighted by Gasteiger charge is 2.25. The lowest BCUT2D eigenvalue weighted by Crippen LogP contribution is -2.45. The first-order valence-corrected chi connectivity index (χ1v) is 4.22. The summed E-state index contributed by atoms with van der Waals surface area (Å²) in [5.74, 6) is 5.67. The molecule has 1 saturated heterocycles. The Balaban J connectivity index is 2.43. The summed E-state index contributed by atoms with van der Waals surface area (Å²) >= 11 is 0. The molecule has 0 aromatic rings. The quantitative estimate of drug-likeness (QED) is 0.452. The van der Waals surface area contributed by atoms with E-state index in [1.54, 1.807) is 5.01 Å². The lowest BCUT2D eigenvalue weighted by Gasteiger charge is -2.35. The molecule has 2 N–H and O–H groups in total. The van der Waals surface area contributed by atoms with Gasteiger partial charge in [0.15, 0.2) is 0 Å². The summed E-state index contributed by atoms with van der Waals surface area (Å²) < 4.78 is 5.58. The Morgan fingerprint density at radius 2 is 1.73 bits per heavy atom. The number of hydrogen-bond acceptors (Lipinski definition) is 3. The van der Waals surface area contributed by atoms with E-state index in [0.29, 0.717) is 18.2 Å². The molecule has 0 amide bonds. The summed E-state index contributed by atoms with van der Waals surface area (Å²) in [7, 11) is 1.93. The summed E-state index contributed by atoms with van der Waals surface area (Å²) in [5.41, 5.74) is 0. The van der Waals surface area contributed by atoms with E-state index >= 15 is 0 Å². The van der Waals surface area contributed by atoms with E-state index in [2.05, 4.69) is 13.8 Å². The van der Waals surface area contributed by atoms with Crippen molar-refractivity contribution in [2.75, 3.05) is 7.05 Å². The number of ether oxygens (including phenoxy) is 1. The zero-order chi connectivity index (χ0) is 8.43. The minimum absolute atomic E-state index is 0.356. The van der Waals surface area contributed by atoms with Crippen molar-refractivity contribution in [3.63, 3.8) is 0 Å². The third-order valence-electron chi connectivity index (χ3n) is 2.25. The standard InChI is InChI=1S/C8H18N2O/c1-6-4-8(10(3)9)5-7(2)11-6/h6-8H,4-5,9H2,1-3H3. The summed E-state index contributed by atoms with van der Waals surface area (Å²) in [6.07, 6.45) is 2.82. The maximum absolute atomic E-state index is 5.67. The average molecular weight is 158 g/mol. The average Bonchev–Trinajstić information content (AvgIpc) is 1.85. The van der Waals surface area contributed by atoms with Crippen molar-refractivity contribution in [1.29, 1.82) is 0 Å². The van der Waals surface area contributed by atoms with Crippen LogP contribution in [0.4, 0.5) is 0 Å². The molecule has 66 valence electrons. The SMILES string of the molecule is CC1CC(N(C)N)CC(C)O1. The fourth-order valence-corrected chi connectivity index (χ4v) is 1.70. The molecule has 0 aromatic carbocycles. The smallest absolute Gasteiger partial charge is 0.0566 e. The third kappa shape index (κ3) is 2.43. The highest BCUT2D eigenvalue weighted by molar-refractivity contribution is 4.77. The second-order valence-electron chi connectivity index (χ2n) is 3.55. The molecule has 3 nitrogen and oxygen atoms in total. The largest absolute Gasteiger partial charge is 0.375 e. The topological polar surface area (TPSA) is 38.5 Å². The van der Waals surface area contributed by atoms with Crippen molar-refractivity contribution >= 4 is 0 Å². The lowest BCUT2D eigenvalue weighted by molar-refractivity contribution is -0.0615. The van der Waals surface area contributed by atoms with Gasteiger partial charge in [-0.2, -0.15) is 0 Å². The Morgan fingerprint density at radius 1 is 1.27 bits per heavy atom. The van der Waals surface area contributed by atoms with E-state index in [1.807, 2.05) is 7.05 Å². The van der Waals surface area contributed by atoms with Gasteiger partial charge in [-0.15, -0.1) is 0 Å². The van der Waals surface area contributed by atoms with Gasteiger partial charge in [-0.25, -0.2) is 5.01 Å². The van der Waals surface area contributed by atoms with Crippen LogP contribution in [0, 0.1) is 0 Å². The molecule has 11 heavy (non-hydrogen) atoms. The minimum atomic E-state index is 0.356. The first-order valence-electron chi connectivity index (χ1n) is 4.22. The number of nitrogens with zero attached hydrogens (tertiary/aromatic N) is 1. The van der Waals surface area contributed by atoms with Crippen LogP contribution in [0.1, 0.15) is 26.7 Å². The Bertz CT molecular complexity index is 117. The first-order chi connectivity index (χ1) is 5.09. The van der Waals surface area contributed by atoms with Crippen molar-refractivity contribution in [3.8, 4) is 0 Å². The van der Waals surface area contributed by atoms with Crippen LogP contribution < -0.4 is 5.84 Å². The van der Waals surface area contributed by atoms with E-state index in [4.69, 9.17) is 10.6 Å². The van der Waals surface area contributed by atoms with Gasteiger partial charge in [0, 0.05) is 13.1 Å². The van der Waals surface area contributed by atoms with Gasteiger partial charge in [0.2, 0.25) is 0 Å². The zero-order valence-corrected chi connectivity index (χ0v) is 7.58. The predicted molar refractivity (Wildman–Crippen MR) is 45.0 cm³/mol. The molecular weight excluding hydrogens is 140 g/mol. The normalized spacial score (nSPS) is 39.5. The van der Waals surface area contributed by atoms with E-state index in [9.17, 15) is 0 Å². The lowest BCUT2D eigenvalue weighted by atomic mass is 10.00. The molecule has 1 rings (SSSR count). The zero-order valence-electron chi connectivity index (χ0n) is 7.58. The van der Waals surface area contributed by atoms with Crippen molar-refractivity contribution in [1.82, 2.24) is 5.01 Å². The Hall–Kier alpha value is -0.120. The molecule has 0 saturated carbocycles. The van der Waals surface area contributed by atoms with Crippen LogP contribution in [0.2, 0.25) is 0 Å². The van der Waals surface area contributed by atoms with Gasteiger partial charge in [-0.05, 0) is 26.7 Å². The summed E-state index contributed by atoms with van der Waals surface area (Å²) in [4.78, 5) is 0. The van der Waals surface area contributed by atoms with Crippen LogP contribution in [0.25, 0.3) is 0 Å². The van der Waals surface area contributed by atoms with Crippen LogP contribution in [0.15, 0.2) is 0 Å². The Morgan fingerprint density at radius 3 is 2.09 bits per heavy atom. The van der Waals surface area contributed by atoms with Gasteiger partial charge in [-0.3, -0.25) is 5.84 Å². The molecule has 1 aliphatic rings. The minimum Gasteiger partial charge on any atom is -0.375 e. The number of nitrogens with two attached hydrogens (primary N) is 1. The fourth-order valence-electron chi connectivity index (χ4n) is 1.70. The molecule has 3 heteroatoms. The Labute approximate surface area is 68.5 Å². The second-order valence-corrected chi connectivity index (χ2v) is 3.55. The van der Waals surface area contributed by atoms with E-state index < -0.39 is 0 Å².